The summed E-state index contributed by atoms with van der Waals surface area (Å²) >= 11 is 6.11. The van der Waals surface area contributed by atoms with Crippen molar-refractivity contribution in [3.8, 4) is 5.75 Å². The largest absolute Gasteiger partial charge is 0.493 e. The fourth-order valence-corrected chi connectivity index (χ4v) is 2.94. The number of amides is 1. The molecule has 1 heterocycles. The Morgan fingerprint density at radius 1 is 1.24 bits per heavy atom. The summed E-state index contributed by atoms with van der Waals surface area (Å²) in [5, 5.41) is 0.697. The first kappa shape index (κ1) is 19.6. The minimum atomic E-state index is -0.355. The second-order valence-electron chi connectivity index (χ2n) is 7.44. The molecule has 0 atom stereocenters. The second kappa shape index (κ2) is 8.09. The minimum Gasteiger partial charge on any atom is -0.493 e. The molecule has 0 unspecified atom stereocenters. The van der Waals surface area contributed by atoms with E-state index >= 15 is 0 Å². The standard InChI is InChI=1S/C19H26ClNO4/c1-19(2,3)15-9-14(20)5-6-16(15)25-12-13-10-21(11-13)17(22)7-8-18(23)24-4/h5-6,9,13H,7-8,10-12H2,1-4H3. The average Bonchev–Trinajstić information content (AvgIpc) is 2.51. The fourth-order valence-electron chi connectivity index (χ4n) is 2.77. The van der Waals surface area contributed by atoms with Gasteiger partial charge >= 0.3 is 5.97 Å². The number of likely N-dealkylation sites (tertiary alicyclic amines) is 1. The predicted octanol–water partition coefficient (Wildman–Crippen LogP) is 3.43. The number of halogens is 1. The summed E-state index contributed by atoms with van der Waals surface area (Å²) in [4.78, 5) is 24.8. The molecule has 2 rings (SSSR count). The number of rotatable bonds is 6. The molecule has 138 valence electrons. The highest BCUT2D eigenvalue weighted by atomic mass is 35.5. The highest BCUT2D eigenvalue weighted by Crippen LogP contribution is 2.34. The molecule has 1 aliphatic heterocycles. The third-order valence-corrected chi connectivity index (χ3v) is 4.54. The Morgan fingerprint density at radius 2 is 1.92 bits per heavy atom. The molecule has 1 fully saturated rings. The number of nitrogens with zero attached hydrogens (tertiary/aromatic N) is 1. The highest BCUT2D eigenvalue weighted by molar-refractivity contribution is 6.30. The maximum absolute atomic E-state index is 12.0. The Balaban J connectivity index is 1.81. The first-order chi connectivity index (χ1) is 11.7. The SMILES string of the molecule is COC(=O)CCC(=O)N1CC(COc2ccc(Cl)cc2C(C)(C)C)C1. The molecule has 6 heteroatoms. The molecule has 0 aliphatic carbocycles. The van der Waals surface area contributed by atoms with Crippen molar-refractivity contribution in [1.82, 2.24) is 4.90 Å². The lowest BCUT2D eigenvalue weighted by atomic mass is 9.86. The molecule has 1 aromatic rings. The Hall–Kier alpha value is -1.75. The summed E-state index contributed by atoms with van der Waals surface area (Å²) in [5.74, 6) is 0.785. The lowest BCUT2D eigenvalue weighted by Gasteiger charge is -2.39. The van der Waals surface area contributed by atoms with Crippen LogP contribution in [-0.4, -0.2) is 43.6 Å². The summed E-state index contributed by atoms with van der Waals surface area (Å²) in [6, 6.07) is 5.68. The monoisotopic (exact) mass is 367 g/mol. The normalized spacial score (nSPS) is 14.8. The summed E-state index contributed by atoms with van der Waals surface area (Å²) < 4.78 is 10.5. The van der Waals surface area contributed by atoms with Gasteiger partial charge < -0.3 is 14.4 Å². The van der Waals surface area contributed by atoms with E-state index in [0.29, 0.717) is 30.6 Å². The van der Waals surface area contributed by atoms with Crippen LogP contribution in [0.1, 0.15) is 39.2 Å². The summed E-state index contributed by atoms with van der Waals surface area (Å²) in [6.45, 7) is 8.26. The predicted molar refractivity (Wildman–Crippen MR) is 97.0 cm³/mol. The van der Waals surface area contributed by atoms with Gasteiger partial charge in [-0.3, -0.25) is 9.59 Å². The van der Waals surface area contributed by atoms with E-state index in [1.54, 1.807) is 4.90 Å². The van der Waals surface area contributed by atoms with Crippen LogP contribution in [0, 0.1) is 5.92 Å². The van der Waals surface area contributed by atoms with E-state index in [0.717, 1.165) is 11.3 Å². The van der Waals surface area contributed by atoms with Crippen molar-refractivity contribution in [2.24, 2.45) is 5.92 Å². The zero-order valence-corrected chi connectivity index (χ0v) is 16.1. The molecule has 5 nitrogen and oxygen atoms in total. The van der Waals surface area contributed by atoms with Gasteiger partial charge in [0.2, 0.25) is 5.91 Å². The maximum Gasteiger partial charge on any atom is 0.306 e. The van der Waals surface area contributed by atoms with Gasteiger partial charge in [-0.1, -0.05) is 32.4 Å². The number of carbonyl (C=O) groups is 2. The molecule has 1 saturated heterocycles. The summed E-state index contributed by atoms with van der Waals surface area (Å²) in [5.41, 5.74) is 1.01. The smallest absolute Gasteiger partial charge is 0.306 e. The maximum atomic E-state index is 12.0. The molecule has 1 aromatic carbocycles. The molecule has 1 amide bonds. The van der Waals surface area contributed by atoms with E-state index in [2.05, 4.69) is 25.5 Å². The molecule has 0 bridgehead atoms. The number of esters is 1. The van der Waals surface area contributed by atoms with Gasteiger partial charge in [0.1, 0.15) is 5.75 Å². The van der Waals surface area contributed by atoms with Gasteiger partial charge in [-0.2, -0.15) is 0 Å². The topological polar surface area (TPSA) is 55.8 Å². The van der Waals surface area contributed by atoms with Crippen molar-refractivity contribution in [3.63, 3.8) is 0 Å². The van der Waals surface area contributed by atoms with Crippen LogP contribution < -0.4 is 4.74 Å². The first-order valence-corrected chi connectivity index (χ1v) is 8.86. The van der Waals surface area contributed by atoms with Crippen LogP contribution in [0.3, 0.4) is 0 Å². The zero-order chi connectivity index (χ0) is 18.6. The van der Waals surface area contributed by atoms with Crippen LogP contribution in [0.5, 0.6) is 5.75 Å². The lowest BCUT2D eigenvalue weighted by molar-refractivity contribution is -0.145. The van der Waals surface area contributed by atoms with Gasteiger partial charge in [0, 0.05) is 36.0 Å². The Bertz CT molecular complexity index is 633. The van der Waals surface area contributed by atoms with E-state index in [1.165, 1.54) is 7.11 Å². The van der Waals surface area contributed by atoms with E-state index in [-0.39, 0.29) is 30.1 Å². The van der Waals surface area contributed by atoms with Crippen molar-refractivity contribution in [1.29, 1.82) is 0 Å². The molecule has 0 spiro atoms. The van der Waals surface area contributed by atoms with Gasteiger partial charge in [0.15, 0.2) is 0 Å². The Kier molecular flexibility index (Phi) is 6.33. The summed E-state index contributed by atoms with van der Waals surface area (Å²) in [7, 11) is 1.33. The summed E-state index contributed by atoms with van der Waals surface area (Å²) in [6.07, 6.45) is 0.332. The minimum absolute atomic E-state index is 0.0106. The van der Waals surface area contributed by atoms with Crippen molar-refractivity contribution >= 4 is 23.5 Å². The van der Waals surface area contributed by atoms with Gasteiger partial charge in [0.05, 0.1) is 20.1 Å². The molecule has 0 saturated carbocycles. The third kappa shape index (κ3) is 5.36. The van der Waals surface area contributed by atoms with E-state index in [1.807, 2.05) is 18.2 Å². The number of benzene rings is 1. The zero-order valence-electron chi connectivity index (χ0n) is 15.3. The van der Waals surface area contributed by atoms with E-state index < -0.39 is 0 Å². The average molecular weight is 368 g/mol. The van der Waals surface area contributed by atoms with Crippen LogP contribution in [-0.2, 0) is 19.7 Å². The number of carbonyl (C=O) groups excluding carboxylic acids is 2. The van der Waals surface area contributed by atoms with Gasteiger partial charge in [-0.25, -0.2) is 0 Å². The van der Waals surface area contributed by atoms with Crippen molar-refractivity contribution in [2.45, 2.75) is 39.0 Å². The third-order valence-electron chi connectivity index (χ3n) is 4.30. The molecular weight excluding hydrogens is 342 g/mol. The molecule has 0 aromatic heterocycles. The van der Waals surface area contributed by atoms with Crippen molar-refractivity contribution in [2.75, 3.05) is 26.8 Å². The van der Waals surface area contributed by atoms with Crippen molar-refractivity contribution in [3.05, 3.63) is 28.8 Å². The number of hydrogen-bond acceptors (Lipinski definition) is 4. The van der Waals surface area contributed by atoms with Gasteiger partial charge in [-0.05, 0) is 23.6 Å². The Morgan fingerprint density at radius 3 is 2.52 bits per heavy atom. The Labute approximate surface area is 154 Å². The van der Waals surface area contributed by atoms with Crippen LogP contribution in [0.2, 0.25) is 5.02 Å². The van der Waals surface area contributed by atoms with Crippen LogP contribution in [0.4, 0.5) is 0 Å². The molecule has 25 heavy (non-hydrogen) atoms. The van der Waals surface area contributed by atoms with Crippen LogP contribution >= 0.6 is 11.6 Å². The fraction of sp³-hybridized carbons (Fsp3) is 0.579. The number of methoxy groups -OCH3 is 1. The van der Waals surface area contributed by atoms with Crippen LogP contribution in [0.15, 0.2) is 18.2 Å². The van der Waals surface area contributed by atoms with Gasteiger partial charge in [-0.15, -0.1) is 0 Å². The highest BCUT2D eigenvalue weighted by Gasteiger charge is 2.31. The first-order valence-electron chi connectivity index (χ1n) is 8.48. The quantitative estimate of drug-likeness (QED) is 0.723. The van der Waals surface area contributed by atoms with Crippen LogP contribution in [0.25, 0.3) is 0 Å². The molecular formula is C19H26ClNO4. The lowest BCUT2D eigenvalue weighted by Crippen LogP contribution is -2.52. The van der Waals surface area contributed by atoms with Gasteiger partial charge in [0.25, 0.3) is 0 Å². The van der Waals surface area contributed by atoms with E-state index in [4.69, 9.17) is 16.3 Å². The number of hydrogen-bond donors (Lipinski definition) is 0. The van der Waals surface area contributed by atoms with E-state index in [9.17, 15) is 9.59 Å². The molecule has 0 radical (unpaired) electrons. The molecule has 0 N–H and O–H groups in total. The second-order valence-corrected chi connectivity index (χ2v) is 7.88. The van der Waals surface area contributed by atoms with Crippen molar-refractivity contribution < 1.29 is 19.1 Å². The number of ether oxygens (including phenoxy) is 2. The molecule has 1 aliphatic rings.